The molecular formula is C34H67NaO4S. The van der Waals surface area contributed by atoms with Crippen molar-refractivity contribution >= 4 is 10.4 Å². The Bertz CT molecular complexity index is 609. The molecule has 0 rings (SSSR count). The molecule has 0 heterocycles. The maximum atomic E-state index is 10.9. The SMILES string of the molecule is CCCCCCCCCCCCCCCCC/C=C/C(CCCCCCCCCCCCC)COS(=O)(=O)[O-].[Na+]. The Morgan fingerprint density at radius 2 is 0.875 bits per heavy atom. The van der Waals surface area contributed by atoms with Gasteiger partial charge in [-0.1, -0.05) is 187 Å². The minimum atomic E-state index is -4.62. The van der Waals surface area contributed by atoms with Crippen LogP contribution in [0.3, 0.4) is 0 Å². The molecule has 4 nitrogen and oxygen atoms in total. The number of rotatable bonds is 32. The summed E-state index contributed by atoms with van der Waals surface area (Å²) >= 11 is 0. The first-order chi connectivity index (χ1) is 19.0. The van der Waals surface area contributed by atoms with E-state index in [4.69, 9.17) is 0 Å². The van der Waals surface area contributed by atoms with Crippen molar-refractivity contribution in [2.24, 2.45) is 5.92 Å². The normalized spacial score (nSPS) is 12.7. The smallest absolute Gasteiger partial charge is 0.726 e. The van der Waals surface area contributed by atoms with E-state index in [0.29, 0.717) is 0 Å². The molecule has 0 amide bonds. The van der Waals surface area contributed by atoms with Crippen molar-refractivity contribution in [3.8, 4) is 0 Å². The minimum Gasteiger partial charge on any atom is -0.726 e. The topological polar surface area (TPSA) is 66.4 Å². The maximum Gasteiger partial charge on any atom is 1.00 e. The largest absolute Gasteiger partial charge is 1.00 e. The van der Waals surface area contributed by atoms with E-state index < -0.39 is 10.4 Å². The summed E-state index contributed by atoms with van der Waals surface area (Å²) in [5.41, 5.74) is 0. The van der Waals surface area contributed by atoms with Crippen molar-refractivity contribution in [3.05, 3.63) is 12.2 Å². The van der Waals surface area contributed by atoms with Crippen LogP contribution in [-0.2, 0) is 14.6 Å². The van der Waals surface area contributed by atoms with Crippen LogP contribution in [0, 0.1) is 5.92 Å². The van der Waals surface area contributed by atoms with Gasteiger partial charge < -0.3 is 4.55 Å². The zero-order chi connectivity index (χ0) is 28.7. The average molecular weight is 595 g/mol. The van der Waals surface area contributed by atoms with Gasteiger partial charge in [0.05, 0.1) is 6.61 Å². The molecule has 0 N–H and O–H groups in total. The number of allylic oxidation sites excluding steroid dienone is 1. The van der Waals surface area contributed by atoms with Crippen LogP contribution in [0.2, 0.25) is 0 Å². The van der Waals surface area contributed by atoms with Gasteiger partial charge in [0, 0.05) is 5.92 Å². The van der Waals surface area contributed by atoms with E-state index in [1.54, 1.807) is 0 Å². The Kier molecular flexibility index (Phi) is 36.4. The Morgan fingerprint density at radius 1 is 0.550 bits per heavy atom. The minimum absolute atomic E-state index is 0. The molecule has 40 heavy (non-hydrogen) atoms. The maximum absolute atomic E-state index is 10.9. The Balaban J connectivity index is 0. The van der Waals surface area contributed by atoms with E-state index in [1.165, 1.54) is 161 Å². The van der Waals surface area contributed by atoms with Gasteiger partial charge in [-0.05, 0) is 19.3 Å². The van der Waals surface area contributed by atoms with E-state index >= 15 is 0 Å². The molecule has 0 saturated heterocycles. The molecule has 1 unspecified atom stereocenters. The van der Waals surface area contributed by atoms with Crippen LogP contribution in [0.4, 0.5) is 0 Å². The molecule has 0 aliphatic heterocycles. The molecule has 0 bridgehead atoms. The monoisotopic (exact) mass is 594 g/mol. The van der Waals surface area contributed by atoms with E-state index in [9.17, 15) is 13.0 Å². The van der Waals surface area contributed by atoms with E-state index in [2.05, 4.69) is 30.2 Å². The second-order valence-electron chi connectivity index (χ2n) is 11.9. The molecule has 234 valence electrons. The molecule has 1 atom stereocenters. The Morgan fingerprint density at radius 3 is 1.23 bits per heavy atom. The molecule has 0 spiro atoms. The zero-order valence-electron chi connectivity index (χ0n) is 27.3. The summed E-state index contributed by atoms with van der Waals surface area (Å²) in [7, 11) is -4.62. The molecule has 0 aliphatic carbocycles. The van der Waals surface area contributed by atoms with Crippen molar-refractivity contribution in [2.45, 2.75) is 194 Å². The van der Waals surface area contributed by atoms with Crippen LogP contribution in [-0.4, -0.2) is 19.6 Å². The Labute approximate surface area is 273 Å². The van der Waals surface area contributed by atoms with Crippen LogP contribution in [0.15, 0.2) is 12.2 Å². The summed E-state index contributed by atoms with van der Waals surface area (Å²) in [4.78, 5) is 0. The molecule has 0 aromatic carbocycles. The van der Waals surface area contributed by atoms with Gasteiger partial charge in [-0.25, -0.2) is 8.42 Å². The first kappa shape index (κ1) is 42.7. The molecular weight excluding hydrogens is 527 g/mol. The second-order valence-corrected chi connectivity index (χ2v) is 13.0. The summed E-state index contributed by atoms with van der Waals surface area (Å²) in [6.07, 6.45) is 41.0. The van der Waals surface area contributed by atoms with Gasteiger partial charge in [0.15, 0.2) is 0 Å². The molecule has 6 heteroatoms. The fourth-order valence-corrected chi connectivity index (χ4v) is 5.74. The van der Waals surface area contributed by atoms with Crippen LogP contribution in [0.1, 0.15) is 194 Å². The van der Waals surface area contributed by atoms with Gasteiger partial charge in [0.2, 0.25) is 10.4 Å². The summed E-state index contributed by atoms with van der Waals surface area (Å²) in [5, 5.41) is 0. The number of hydrogen-bond acceptors (Lipinski definition) is 4. The third-order valence-electron chi connectivity index (χ3n) is 7.99. The first-order valence-corrected chi connectivity index (χ1v) is 18.6. The molecule has 0 aromatic rings. The number of hydrogen-bond donors (Lipinski definition) is 0. The third-order valence-corrected chi connectivity index (χ3v) is 8.41. The fraction of sp³-hybridized carbons (Fsp3) is 0.941. The van der Waals surface area contributed by atoms with Gasteiger partial charge in [0.1, 0.15) is 0 Å². The first-order valence-electron chi connectivity index (χ1n) is 17.3. The summed E-state index contributed by atoms with van der Waals surface area (Å²) in [6.45, 7) is 4.52. The van der Waals surface area contributed by atoms with Crippen molar-refractivity contribution in [1.29, 1.82) is 0 Å². The van der Waals surface area contributed by atoms with Crippen LogP contribution in [0.25, 0.3) is 0 Å². The average Bonchev–Trinajstić information content (AvgIpc) is 2.91. The third kappa shape index (κ3) is 36.6. The van der Waals surface area contributed by atoms with Gasteiger partial charge in [-0.2, -0.15) is 0 Å². The molecule has 0 aromatic heterocycles. The Hall–Kier alpha value is 0.610. The van der Waals surface area contributed by atoms with E-state index in [0.717, 1.165) is 19.3 Å². The van der Waals surface area contributed by atoms with Crippen molar-refractivity contribution < 1.29 is 46.7 Å². The summed E-state index contributed by atoms with van der Waals surface area (Å²) in [5.74, 6) is 0.0173. The van der Waals surface area contributed by atoms with Gasteiger partial charge in [-0.3, -0.25) is 4.18 Å². The van der Waals surface area contributed by atoms with Crippen molar-refractivity contribution in [2.75, 3.05) is 6.61 Å². The van der Waals surface area contributed by atoms with Crippen molar-refractivity contribution in [1.82, 2.24) is 0 Å². The van der Waals surface area contributed by atoms with Crippen LogP contribution >= 0.6 is 0 Å². The van der Waals surface area contributed by atoms with Crippen LogP contribution < -0.4 is 29.6 Å². The quantitative estimate of drug-likeness (QED) is 0.0257. The zero-order valence-corrected chi connectivity index (χ0v) is 30.1. The second kappa shape index (κ2) is 34.1. The summed E-state index contributed by atoms with van der Waals surface area (Å²) in [6, 6.07) is 0. The van der Waals surface area contributed by atoms with E-state index in [-0.39, 0.29) is 42.1 Å². The molecule has 0 radical (unpaired) electrons. The van der Waals surface area contributed by atoms with Crippen LogP contribution in [0.5, 0.6) is 0 Å². The van der Waals surface area contributed by atoms with E-state index in [1.807, 2.05) is 0 Å². The van der Waals surface area contributed by atoms with Gasteiger partial charge in [-0.15, -0.1) is 0 Å². The predicted octanol–water partition coefficient (Wildman–Crippen LogP) is 8.60. The molecule has 0 saturated carbocycles. The molecule has 0 fully saturated rings. The fourth-order valence-electron chi connectivity index (χ4n) is 5.40. The van der Waals surface area contributed by atoms with Gasteiger partial charge >= 0.3 is 29.6 Å². The molecule has 0 aliphatic rings. The predicted molar refractivity (Wildman–Crippen MR) is 169 cm³/mol. The van der Waals surface area contributed by atoms with Gasteiger partial charge in [0.25, 0.3) is 0 Å². The number of unbranched alkanes of at least 4 members (excludes halogenated alkanes) is 25. The standard InChI is InChI=1S/C34H68O4S.Na/c1-3-5-7-9-11-13-15-16-17-18-19-20-22-24-26-28-30-32-34(33-38-39(35,36)37)31-29-27-25-23-21-14-12-10-8-6-4-2;/h30,32,34H,3-29,31,33H2,1-2H3,(H,35,36,37);/q;+1/p-1/b32-30+;. The van der Waals surface area contributed by atoms with Crippen molar-refractivity contribution in [3.63, 3.8) is 0 Å². The summed E-state index contributed by atoms with van der Waals surface area (Å²) < 4.78 is 37.4.